The normalized spacial score (nSPS) is 28.9. The third kappa shape index (κ3) is 2.61. The summed E-state index contributed by atoms with van der Waals surface area (Å²) in [7, 11) is 0. The van der Waals surface area contributed by atoms with Gasteiger partial charge in [-0.05, 0) is 5.41 Å². The number of hydrogen-bond acceptors (Lipinski definition) is 3. The highest BCUT2D eigenvalue weighted by Crippen LogP contribution is 2.38. The van der Waals surface area contributed by atoms with Crippen LogP contribution in [-0.4, -0.2) is 34.1 Å². The first-order chi connectivity index (χ1) is 7.25. The van der Waals surface area contributed by atoms with Crippen molar-refractivity contribution in [3.8, 4) is 0 Å². The molecule has 1 aliphatic rings. The quantitative estimate of drug-likeness (QED) is 0.592. The van der Waals surface area contributed by atoms with Gasteiger partial charge in [0.1, 0.15) is 5.78 Å². The lowest BCUT2D eigenvalue weighted by Crippen LogP contribution is -2.50. The predicted molar refractivity (Wildman–Crippen MR) is 60.6 cm³/mol. The van der Waals surface area contributed by atoms with Gasteiger partial charge in [-0.15, -0.1) is 0 Å². The van der Waals surface area contributed by atoms with Crippen LogP contribution in [0.2, 0.25) is 0 Å². The maximum absolute atomic E-state index is 11.9. The number of ketones is 2. The summed E-state index contributed by atoms with van der Waals surface area (Å²) >= 11 is 3.27. The summed E-state index contributed by atoms with van der Waals surface area (Å²) in [5.74, 6) is -1.29. The van der Waals surface area contributed by atoms with Crippen LogP contribution >= 0.6 is 15.9 Å². The van der Waals surface area contributed by atoms with Crippen molar-refractivity contribution in [2.24, 2.45) is 11.3 Å². The van der Waals surface area contributed by atoms with E-state index in [0.717, 1.165) is 0 Å². The fourth-order valence-corrected chi connectivity index (χ4v) is 2.27. The van der Waals surface area contributed by atoms with Crippen molar-refractivity contribution < 1.29 is 19.5 Å². The first-order valence-corrected chi connectivity index (χ1v) is 5.84. The van der Waals surface area contributed by atoms with E-state index in [2.05, 4.69) is 21.2 Å². The molecule has 0 saturated heterocycles. The van der Waals surface area contributed by atoms with Crippen LogP contribution in [0.15, 0.2) is 0 Å². The van der Waals surface area contributed by atoms with Crippen molar-refractivity contribution in [2.45, 2.75) is 25.1 Å². The van der Waals surface area contributed by atoms with Gasteiger partial charge >= 0.3 is 6.09 Å². The number of amides is 1. The highest BCUT2D eigenvalue weighted by atomic mass is 79.9. The molecular formula is C10H14BrNO4. The van der Waals surface area contributed by atoms with Crippen LogP contribution in [0.4, 0.5) is 4.79 Å². The van der Waals surface area contributed by atoms with E-state index in [1.54, 1.807) is 0 Å². The Hall–Kier alpha value is -0.910. The highest BCUT2D eigenvalue weighted by Gasteiger charge is 2.46. The van der Waals surface area contributed by atoms with E-state index in [1.165, 1.54) is 0 Å². The standard InChI is InChI=1S/C10H14BrNO4/c1-10(2)3-6(13)5(4-12-9(15)16)7(14)8(10)11/h5,8,12H,3-4H2,1-2H3,(H,15,16). The van der Waals surface area contributed by atoms with Crippen LogP contribution in [0.1, 0.15) is 20.3 Å². The van der Waals surface area contributed by atoms with Gasteiger partial charge < -0.3 is 10.4 Å². The van der Waals surface area contributed by atoms with Crippen LogP contribution in [0, 0.1) is 11.3 Å². The van der Waals surface area contributed by atoms with Gasteiger partial charge in [0.05, 0.1) is 10.7 Å². The van der Waals surface area contributed by atoms with E-state index in [4.69, 9.17) is 5.11 Å². The number of nitrogens with one attached hydrogen (secondary N) is 1. The molecule has 90 valence electrons. The molecule has 2 unspecified atom stereocenters. The molecule has 1 saturated carbocycles. The zero-order chi connectivity index (χ0) is 12.5. The molecule has 0 aliphatic heterocycles. The summed E-state index contributed by atoms with van der Waals surface area (Å²) in [4.78, 5) is 33.5. The van der Waals surface area contributed by atoms with Crippen molar-refractivity contribution in [1.82, 2.24) is 5.32 Å². The third-order valence-corrected chi connectivity index (χ3v) is 4.45. The Morgan fingerprint density at radius 2 is 2.12 bits per heavy atom. The second-order valence-corrected chi connectivity index (χ2v) is 5.55. The molecule has 1 fully saturated rings. The Morgan fingerprint density at radius 1 is 1.56 bits per heavy atom. The summed E-state index contributed by atoms with van der Waals surface area (Å²) in [6, 6.07) is 0. The number of Topliss-reactive ketones (excluding diaryl/α,β-unsaturated/α-hetero) is 2. The van der Waals surface area contributed by atoms with Crippen molar-refractivity contribution in [2.75, 3.05) is 6.54 Å². The van der Waals surface area contributed by atoms with Gasteiger partial charge in [0.15, 0.2) is 5.78 Å². The zero-order valence-corrected chi connectivity index (χ0v) is 10.7. The number of carbonyl (C=O) groups excluding carboxylic acids is 2. The molecule has 0 bridgehead atoms. The SMILES string of the molecule is CC1(C)CC(=O)C(CNC(=O)O)C(=O)C1Br. The monoisotopic (exact) mass is 291 g/mol. The van der Waals surface area contributed by atoms with Crippen molar-refractivity contribution in [3.63, 3.8) is 0 Å². The third-order valence-electron chi connectivity index (χ3n) is 2.76. The molecule has 2 N–H and O–H groups in total. The van der Waals surface area contributed by atoms with Crippen LogP contribution in [-0.2, 0) is 9.59 Å². The Bertz CT molecular complexity index is 340. The first kappa shape index (κ1) is 13.2. The highest BCUT2D eigenvalue weighted by molar-refractivity contribution is 9.10. The molecule has 16 heavy (non-hydrogen) atoms. The molecule has 5 nitrogen and oxygen atoms in total. The smallest absolute Gasteiger partial charge is 0.404 e. The van der Waals surface area contributed by atoms with E-state index < -0.39 is 22.3 Å². The topological polar surface area (TPSA) is 83.5 Å². The average molecular weight is 292 g/mol. The Morgan fingerprint density at radius 3 is 2.62 bits per heavy atom. The van der Waals surface area contributed by atoms with E-state index >= 15 is 0 Å². The molecule has 2 atom stereocenters. The van der Waals surface area contributed by atoms with Crippen molar-refractivity contribution in [3.05, 3.63) is 0 Å². The van der Waals surface area contributed by atoms with Gasteiger partial charge in [0.25, 0.3) is 0 Å². The van der Waals surface area contributed by atoms with Gasteiger partial charge in [-0.2, -0.15) is 0 Å². The zero-order valence-electron chi connectivity index (χ0n) is 9.12. The molecule has 0 heterocycles. The predicted octanol–water partition coefficient (Wildman–Crippen LogP) is 1.20. The fourth-order valence-electron chi connectivity index (χ4n) is 1.79. The van der Waals surface area contributed by atoms with E-state index in [0.29, 0.717) is 0 Å². The molecule has 1 amide bonds. The lowest BCUT2D eigenvalue weighted by molar-refractivity contribution is -0.138. The van der Waals surface area contributed by atoms with Gasteiger partial charge in [-0.25, -0.2) is 4.79 Å². The minimum absolute atomic E-state index is 0.134. The van der Waals surface area contributed by atoms with Gasteiger partial charge in [0, 0.05) is 13.0 Å². The molecule has 1 aliphatic carbocycles. The van der Waals surface area contributed by atoms with Gasteiger partial charge in [0.2, 0.25) is 0 Å². The van der Waals surface area contributed by atoms with Gasteiger partial charge in [-0.1, -0.05) is 29.8 Å². The van der Waals surface area contributed by atoms with E-state index in [1.807, 2.05) is 13.8 Å². The average Bonchev–Trinajstić information content (AvgIpc) is 2.13. The van der Waals surface area contributed by atoms with Crippen LogP contribution in [0.5, 0.6) is 0 Å². The molecule has 0 radical (unpaired) electrons. The number of halogens is 1. The number of carboxylic acid groups (broad SMARTS) is 1. The minimum atomic E-state index is -1.23. The summed E-state index contributed by atoms with van der Waals surface area (Å²) in [6.45, 7) is 3.54. The molecular weight excluding hydrogens is 278 g/mol. The van der Waals surface area contributed by atoms with E-state index in [9.17, 15) is 14.4 Å². The van der Waals surface area contributed by atoms with Gasteiger partial charge in [-0.3, -0.25) is 9.59 Å². The molecule has 1 rings (SSSR count). The van der Waals surface area contributed by atoms with Crippen LogP contribution < -0.4 is 5.32 Å². The first-order valence-electron chi connectivity index (χ1n) is 4.93. The largest absolute Gasteiger partial charge is 0.465 e. The van der Waals surface area contributed by atoms with Crippen molar-refractivity contribution in [1.29, 1.82) is 0 Å². The number of carbonyl (C=O) groups is 3. The second kappa shape index (κ2) is 4.53. The molecule has 0 spiro atoms. The molecule has 0 aromatic carbocycles. The Labute approximate surface area is 102 Å². The van der Waals surface area contributed by atoms with Crippen molar-refractivity contribution >= 4 is 33.6 Å². The Kier molecular flexibility index (Phi) is 3.72. The summed E-state index contributed by atoms with van der Waals surface area (Å²) in [5.41, 5.74) is -0.409. The lowest BCUT2D eigenvalue weighted by Gasteiger charge is -2.36. The number of alkyl halides is 1. The molecule has 6 heteroatoms. The lowest BCUT2D eigenvalue weighted by atomic mass is 9.71. The summed E-state index contributed by atoms with van der Waals surface area (Å²) in [6.07, 6.45) is -0.947. The summed E-state index contributed by atoms with van der Waals surface area (Å²) < 4.78 is 0. The van der Waals surface area contributed by atoms with E-state index in [-0.39, 0.29) is 24.5 Å². The number of hydrogen-bond donors (Lipinski definition) is 2. The fraction of sp³-hybridized carbons (Fsp3) is 0.700. The maximum atomic E-state index is 11.9. The van der Waals surface area contributed by atoms with Crippen LogP contribution in [0.3, 0.4) is 0 Å². The maximum Gasteiger partial charge on any atom is 0.404 e. The summed E-state index contributed by atoms with van der Waals surface area (Å²) in [5, 5.41) is 10.5. The van der Waals surface area contributed by atoms with Crippen LogP contribution in [0.25, 0.3) is 0 Å². The second-order valence-electron chi connectivity index (χ2n) is 4.64. The molecule has 0 aromatic heterocycles. The number of rotatable bonds is 2. The molecule has 0 aromatic rings. The Balaban J connectivity index is 2.77. The minimum Gasteiger partial charge on any atom is -0.465 e.